The molecular formula is C22H26ClN3. The first kappa shape index (κ1) is 18.7. The van der Waals surface area contributed by atoms with Gasteiger partial charge in [0.15, 0.2) is 0 Å². The molecule has 0 aromatic heterocycles. The van der Waals surface area contributed by atoms with Crippen LogP contribution in [0, 0.1) is 11.3 Å². The maximum absolute atomic E-state index is 7.78. The highest BCUT2D eigenvalue weighted by Gasteiger charge is 2.22. The number of nitrogens with zero attached hydrogens (tertiary/aromatic N) is 1. The summed E-state index contributed by atoms with van der Waals surface area (Å²) in [4.78, 5) is 2.47. The van der Waals surface area contributed by atoms with E-state index >= 15 is 0 Å². The molecule has 0 saturated carbocycles. The molecule has 1 aliphatic rings. The standard InChI is InChI=1S/C22H26ClN3/c23-21-8-6-18(7-9-21)16-26-12-10-19(11-13-26)22(25)20(15-24)14-17-4-2-1-3-5-17/h1-9,15,19,24H,10-14,16,25H2/b22-20-,24-15?. The summed E-state index contributed by atoms with van der Waals surface area (Å²) in [7, 11) is 0. The zero-order chi connectivity index (χ0) is 18.4. The molecule has 1 aliphatic heterocycles. The Hall–Kier alpha value is -2.10. The summed E-state index contributed by atoms with van der Waals surface area (Å²) in [6.07, 6.45) is 4.26. The molecule has 1 heterocycles. The highest BCUT2D eigenvalue weighted by atomic mass is 35.5. The van der Waals surface area contributed by atoms with Crippen molar-refractivity contribution in [1.82, 2.24) is 4.90 Å². The minimum atomic E-state index is 0.372. The second-order valence-corrected chi connectivity index (χ2v) is 7.40. The Morgan fingerprint density at radius 1 is 1.04 bits per heavy atom. The summed E-state index contributed by atoms with van der Waals surface area (Å²) in [5.74, 6) is 0.372. The van der Waals surface area contributed by atoms with E-state index < -0.39 is 0 Å². The minimum Gasteiger partial charge on any atom is -0.402 e. The third-order valence-corrected chi connectivity index (χ3v) is 5.38. The van der Waals surface area contributed by atoms with Crippen molar-refractivity contribution >= 4 is 17.8 Å². The number of hydrogen-bond donors (Lipinski definition) is 2. The van der Waals surface area contributed by atoms with Crippen LogP contribution in [0.1, 0.15) is 24.0 Å². The van der Waals surface area contributed by atoms with Crippen LogP contribution in [0.4, 0.5) is 0 Å². The molecule has 1 saturated heterocycles. The van der Waals surface area contributed by atoms with E-state index in [0.717, 1.165) is 55.2 Å². The quantitative estimate of drug-likeness (QED) is 0.729. The fourth-order valence-corrected chi connectivity index (χ4v) is 3.69. The molecule has 3 nitrogen and oxygen atoms in total. The van der Waals surface area contributed by atoms with Crippen molar-refractivity contribution in [3.63, 3.8) is 0 Å². The van der Waals surface area contributed by atoms with Gasteiger partial charge in [0.1, 0.15) is 0 Å². The van der Waals surface area contributed by atoms with E-state index in [1.54, 1.807) is 0 Å². The van der Waals surface area contributed by atoms with Gasteiger partial charge in [0, 0.05) is 35.8 Å². The summed E-state index contributed by atoms with van der Waals surface area (Å²) in [5, 5.41) is 8.56. The van der Waals surface area contributed by atoms with E-state index in [1.807, 2.05) is 30.3 Å². The Morgan fingerprint density at radius 2 is 1.69 bits per heavy atom. The van der Waals surface area contributed by atoms with Crippen LogP contribution in [0.3, 0.4) is 0 Å². The average molecular weight is 368 g/mol. The van der Waals surface area contributed by atoms with Gasteiger partial charge >= 0.3 is 0 Å². The zero-order valence-electron chi connectivity index (χ0n) is 15.0. The number of halogens is 1. The molecule has 3 N–H and O–H groups in total. The third-order valence-electron chi connectivity index (χ3n) is 5.13. The molecule has 26 heavy (non-hydrogen) atoms. The lowest BCUT2D eigenvalue weighted by atomic mass is 9.89. The first-order valence-electron chi connectivity index (χ1n) is 9.15. The van der Waals surface area contributed by atoms with Crippen LogP contribution in [0.5, 0.6) is 0 Å². The molecule has 2 aromatic rings. The summed E-state index contributed by atoms with van der Waals surface area (Å²) in [6.45, 7) is 3.02. The van der Waals surface area contributed by atoms with Crippen molar-refractivity contribution < 1.29 is 0 Å². The van der Waals surface area contributed by atoms with Gasteiger partial charge in [-0.2, -0.15) is 0 Å². The molecule has 1 fully saturated rings. The van der Waals surface area contributed by atoms with Gasteiger partial charge in [-0.15, -0.1) is 0 Å². The number of nitrogens with two attached hydrogens (primary N) is 1. The molecule has 0 radical (unpaired) electrons. The smallest absolute Gasteiger partial charge is 0.0406 e. The summed E-state index contributed by atoms with van der Waals surface area (Å²) >= 11 is 5.96. The lowest BCUT2D eigenvalue weighted by molar-refractivity contribution is 0.190. The fraction of sp³-hybridized carbons (Fsp3) is 0.318. The van der Waals surface area contributed by atoms with Crippen molar-refractivity contribution in [1.29, 1.82) is 5.41 Å². The highest BCUT2D eigenvalue weighted by molar-refractivity contribution is 6.30. The Balaban J connectivity index is 1.58. The molecule has 136 valence electrons. The van der Waals surface area contributed by atoms with Gasteiger partial charge in [-0.25, -0.2) is 0 Å². The van der Waals surface area contributed by atoms with E-state index in [-0.39, 0.29) is 0 Å². The van der Waals surface area contributed by atoms with E-state index in [9.17, 15) is 0 Å². The van der Waals surface area contributed by atoms with Gasteiger partial charge in [-0.3, -0.25) is 4.90 Å². The first-order valence-corrected chi connectivity index (χ1v) is 9.53. The molecule has 0 spiro atoms. The maximum Gasteiger partial charge on any atom is 0.0406 e. The van der Waals surface area contributed by atoms with Crippen LogP contribution in [0.2, 0.25) is 5.02 Å². The molecular weight excluding hydrogens is 342 g/mol. The third kappa shape index (κ3) is 4.96. The average Bonchev–Trinajstić information content (AvgIpc) is 2.69. The lowest BCUT2D eigenvalue weighted by Crippen LogP contribution is -2.35. The number of nitrogens with one attached hydrogen (secondary N) is 1. The second-order valence-electron chi connectivity index (χ2n) is 6.96. The number of benzene rings is 2. The summed E-state index contributed by atoms with van der Waals surface area (Å²) in [6, 6.07) is 18.3. The van der Waals surface area contributed by atoms with Gasteiger partial charge in [0.2, 0.25) is 0 Å². The number of hydrogen-bond acceptors (Lipinski definition) is 3. The highest BCUT2D eigenvalue weighted by Crippen LogP contribution is 2.26. The number of rotatable bonds is 6. The van der Waals surface area contributed by atoms with E-state index in [0.29, 0.717) is 5.92 Å². The molecule has 0 bridgehead atoms. The molecule has 3 rings (SSSR count). The van der Waals surface area contributed by atoms with E-state index in [2.05, 4.69) is 29.2 Å². The number of allylic oxidation sites excluding steroid dienone is 2. The van der Waals surface area contributed by atoms with Crippen LogP contribution >= 0.6 is 11.6 Å². The predicted molar refractivity (Wildman–Crippen MR) is 110 cm³/mol. The van der Waals surface area contributed by atoms with Gasteiger partial charge in [-0.1, -0.05) is 54.1 Å². The van der Waals surface area contributed by atoms with E-state index in [1.165, 1.54) is 17.3 Å². The SMILES string of the molecule is N=C/C(Cc1ccccc1)=C(\N)C1CCN(Cc2ccc(Cl)cc2)CC1. The van der Waals surface area contributed by atoms with E-state index in [4.69, 9.17) is 22.7 Å². The van der Waals surface area contributed by atoms with Crippen molar-refractivity contribution in [3.05, 3.63) is 82.0 Å². The van der Waals surface area contributed by atoms with Crippen LogP contribution in [-0.2, 0) is 13.0 Å². The second kappa shape index (κ2) is 9.02. The fourth-order valence-electron chi connectivity index (χ4n) is 3.56. The largest absolute Gasteiger partial charge is 0.402 e. The Bertz CT molecular complexity index is 745. The van der Waals surface area contributed by atoms with Gasteiger partial charge in [0.05, 0.1) is 0 Å². The molecule has 0 atom stereocenters. The topological polar surface area (TPSA) is 53.1 Å². The van der Waals surface area contributed by atoms with Gasteiger partial charge in [0.25, 0.3) is 0 Å². The molecule has 2 aromatic carbocycles. The first-order chi connectivity index (χ1) is 12.7. The van der Waals surface area contributed by atoms with Crippen molar-refractivity contribution in [2.75, 3.05) is 13.1 Å². The van der Waals surface area contributed by atoms with Crippen LogP contribution < -0.4 is 5.73 Å². The minimum absolute atomic E-state index is 0.372. The van der Waals surface area contributed by atoms with Crippen LogP contribution in [-0.4, -0.2) is 24.2 Å². The molecule has 4 heteroatoms. The predicted octanol–water partition coefficient (Wildman–Crippen LogP) is 4.66. The van der Waals surface area contributed by atoms with Crippen molar-refractivity contribution in [2.24, 2.45) is 11.7 Å². The number of likely N-dealkylation sites (tertiary alicyclic amines) is 1. The Kier molecular flexibility index (Phi) is 6.48. The van der Waals surface area contributed by atoms with Crippen LogP contribution in [0.25, 0.3) is 0 Å². The van der Waals surface area contributed by atoms with Gasteiger partial charge in [-0.05, 0) is 54.8 Å². The summed E-state index contributed by atoms with van der Waals surface area (Å²) in [5.41, 5.74) is 10.8. The van der Waals surface area contributed by atoms with Crippen molar-refractivity contribution in [3.8, 4) is 0 Å². The lowest BCUT2D eigenvalue weighted by Gasteiger charge is -2.33. The maximum atomic E-state index is 7.78. The zero-order valence-corrected chi connectivity index (χ0v) is 15.8. The van der Waals surface area contributed by atoms with Gasteiger partial charge < -0.3 is 11.1 Å². The number of piperidine rings is 1. The molecule has 0 amide bonds. The normalized spacial score (nSPS) is 17.0. The Morgan fingerprint density at radius 3 is 2.31 bits per heavy atom. The molecule has 0 unspecified atom stereocenters. The van der Waals surface area contributed by atoms with Crippen LogP contribution in [0.15, 0.2) is 65.9 Å². The van der Waals surface area contributed by atoms with Crippen molar-refractivity contribution in [2.45, 2.75) is 25.8 Å². The monoisotopic (exact) mass is 367 g/mol. The summed E-state index contributed by atoms with van der Waals surface area (Å²) < 4.78 is 0. The Labute approximate surface area is 161 Å². The molecule has 0 aliphatic carbocycles.